The van der Waals surface area contributed by atoms with E-state index in [4.69, 9.17) is 0 Å². The molecule has 0 unspecified atom stereocenters. The minimum absolute atomic E-state index is 0.294. The van der Waals surface area contributed by atoms with Crippen molar-refractivity contribution < 1.29 is 4.48 Å². The van der Waals surface area contributed by atoms with Crippen LogP contribution in [0.3, 0.4) is 0 Å². The van der Waals surface area contributed by atoms with E-state index in [0.717, 1.165) is 15.6 Å². The SMILES string of the molecule is Cn1c(=O)c2c(ncn2CC[N+](C)(C)C)n(C)c1=O. The lowest BCUT2D eigenvalue weighted by molar-refractivity contribution is -0.870. The molecular weight excluding hydrogens is 246 g/mol. The van der Waals surface area contributed by atoms with E-state index in [2.05, 4.69) is 26.1 Å². The number of hydrogen-bond donors (Lipinski definition) is 0. The Morgan fingerprint density at radius 2 is 1.79 bits per heavy atom. The van der Waals surface area contributed by atoms with Crippen LogP contribution in [0.4, 0.5) is 0 Å². The molecule has 2 aromatic heterocycles. The molecule has 0 aliphatic heterocycles. The van der Waals surface area contributed by atoms with Crippen molar-refractivity contribution in [3.63, 3.8) is 0 Å². The van der Waals surface area contributed by atoms with Gasteiger partial charge < -0.3 is 9.05 Å². The number of quaternary nitrogens is 1. The van der Waals surface area contributed by atoms with E-state index >= 15 is 0 Å². The number of rotatable bonds is 3. The highest BCUT2D eigenvalue weighted by molar-refractivity contribution is 5.69. The second kappa shape index (κ2) is 4.34. The first-order valence-electron chi connectivity index (χ1n) is 6.13. The van der Waals surface area contributed by atoms with Crippen LogP contribution in [0.15, 0.2) is 15.9 Å². The highest BCUT2D eigenvalue weighted by Gasteiger charge is 2.15. The Bertz CT molecular complexity index is 729. The molecule has 0 saturated heterocycles. The summed E-state index contributed by atoms with van der Waals surface area (Å²) in [6, 6.07) is 0. The molecule has 0 N–H and O–H groups in total. The molecule has 0 radical (unpaired) electrons. The van der Waals surface area contributed by atoms with Gasteiger partial charge in [-0.05, 0) is 0 Å². The number of fused-ring (bicyclic) bond motifs is 1. The average molecular weight is 266 g/mol. The topological polar surface area (TPSA) is 61.8 Å². The lowest BCUT2D eigenvalue weighted by Crippen LogP contribution is -2.39. The molecular formula is C12H20N5O2+. The molecule has 0 amide bonds. The molecule has 7 heteroatoms. The van der Waals surface area contributed by atoms with Crippen LogP contribution in [0.25, 0.3) is 11.2 Å². The highest BCUT2D eigenvalue weighted by Crippen LogP contribution is 2.06. The monoisotopic (exact) mass is 266 g/mol. The number of likely N-dealkylation sites (N-methyl/N-ethyl adjacent to an activating group) is 1. The lowest BCUT2D eigenvalue weighted by Gasteiger charge is -2.23. The van der Waals surface area contributed by atoms with E-state index in [1.807, 2.05) is 4.57 Å². The Morgan fingerprint density at radius 1 is 1.16 bits per heavy atom. The number of nitrogens with zero attached hydrogens (tertiary/aromatic N) is 5. The van der Waals surface area contributed by atoms with Crippen molar-refractivity contribution in [1.29, 1.82) is 0 Å². The van der Waals surface area contributed by atoms with Crippen molar-refractivity contribution in [2.75, 3.05) is 27.7 Å². The third-order valence-corrected chi connectivity index (χ3v) is 3.23. The van der Waals surface area contributed by atoms with Gasteiger partial charge in [0.2, 0.25) is 0 Å². The summed E-state index contributed by atoms with van der Waals surface area (Å²) in [5.41, 5.74) is 0.277. The van der Waals surface area contributed by atoms with Gasteiger partial charge in [0, 0.05) is 14.1 Å². The van der Waals surface area contributed by atoms with Gasteiger partial charge in [-0.3, -0.25) is 13.9 Å². The maximum atomic E-state index is 12.2. The minimum Gasteiger partial charge on any atom is -0.329 e. The van der Waals surface area contributed by atoms with Gasteiger partial charge in [-0.1, -0.05) is 0 Å². The molecule has 0 saturated carbocycles. The molecule has 2 rings (SSSR count). The van der Waals surface area contributed by atoms with Crippen molar-refractivity contribution in [3.05, 3.63) is 27.2 Å². The smallest absolute Gasteiger partial charge is 0.329 e. The summed E-state index contributed by atoms with van der Waals surface area (Å²) in [6.45, 7) is 1.56. The fraction of sp³-hybridized carbons (Fsp3) is 0.583. The van der Waals surface area contributed by atoms with Crippen LogP contribution < -0.4 is 11.2 Å². The maximum absolute atomic E-state index is 12.2. The lowest BCUT2D eigenvalue weighted by atomic mass is 10.4. The normalized spacial score (nSPS) is 12.3. The molecule has 0 aromatic carbocycles. The largest absolute Gasteiger partial charge is 0.332 e. The molecule has 0 aliphatic carbocycles. The zero-order chi connectivity index (χ0) is 14.4. The third kappa shape index (κ3) is 2.33. The van der Waals surface area contributed by atoms with Crippen molar-refractivity contribution in [1.82, 2.24) is 18.7 Å². The molecule has 2 aromatic rings. The predicted octanol–water partition coefficient (Wildman–Crippen LogP) is -0.860. The summed E-state index contributed by atoms with van der Waals surface area (Å²) in [5.74, 6) is 0. The molecule has 19 heavy (non-hydrogen) atoms. The Balaban J connectivity index is 2.61. The molecule has 7 nitrogen and oxygen atoms in total. The molecule has 0 bridgehead atoms. The fourth-order valence-corrected chi connectivity index (χ4v) is 1.97. The van der Waals surface area contributed by atoms with E-state index < -0.39 is 0 Å². The summed E-state index contributed by atoms with van der Waals surface area (Å²) >= 11 is 0. The van der Waals surface area contributed by atoms with Crippen molar-refractivity contribution in [2.24, 2.45) is 14.1 Å². The average Bonchev–Trinajstić information content (AvgIpc) is 2.74. The fourth-order valence-electron chi connectivity index (χ4n) is 1.97. The van der Waals surface area contributed by atoms with Gasteiger partial charge in [-0.25, -0.2) is 9.78 Å². The van der Waals surface area contributed by atoms with Gasteiger partial charge in [0.05, 0.1) is 40.6 Å². The van der Waals surface area contributed by atoms with Crippen molar-refractivity contribution >= 4 is 11.2 Å². The minimum atomic E-state index is -0.352. The summed E-state index contributed by atoms with van der Waals surface area (Å²) < 4.78 is 5.14. The summed E-state index contributed by atoms with van der Waals surface area (Å²) in [5, 5.41) is 0. The molecule has 0 fully saturated rings. The number of aryl methyl sites for hydroxylation is 1. The van der Waals surface area contributed by atoms with E-state index in [1.54, 1.807) is 13.4 Å². The zero-order valence-corrected chi connectivity index (χ0v) is 12.0. The maximum Gasteiger partial charge on any atom is 0.332 e. The standard InChI is InChI=1S/C12H20N5O2/c1-14-10-9(11(18)15(2)12(14)19)16(8-13-10)6-7-17(3,4)5/h8H,6-7H2,1-5H3/q+1. The predicted molar refractivity (Wildman–Crippen MR) is 73.1 cm³/mol. The first-order chi connectivity index (χ1) is 8.72. The Kier molecular flexibility index (Phi) is 3.09. The number of hydrogen-bond acceptors (Lipinski definition) is 3. The second-order valence-electron chi connectivity index (χ2n) is 5.83. The van der Waals surface area contributed by atoms with Gasteiger partial charge in [0.25, 0.3) is 5.56 Å². The van der Waals surface area contributed by atoms with Gasteiger partial charge in [0.15, 0.2) is 11.2 Å². The Hall–Kier alpha value is -1.89. The quantitative estimate of drug-likeness (QED) is 0.679. The van der Waals surface area contributed by atoms with E-state index in [-0.39, 0.29) is 11.2 Å². The van der Waals surface area contributed by atoms with E-state index in [0.29, 0.717) is 17.7 Å². The van der Waals surface area contributed by atoms with Gasteiger partial charge in [0.1, 0.15) is 0 Å². The van der Waals surface area contributed by atoms with E-state index in [9.17, 15) is 9.59 Å². The van der Waals surface area contributed by atoms with E-state index in [1.165, 1.54) is 11.6 Å². The molecule has 0 aliphatic rings. The number of imidazole rings is 1. The molecule has 104 valence electrons. The highest BCUT2D eigenvalue weighted by atomic mass is 16.2. The van der Waals surface area contributed by atoms with Crippen molar-refractivity contribution in [2.45, 2.75) is 6.54 Å². The summed E-state index contributed by atoms with van der Waals surface area (Å²) in [7, 11) is 9.38. The van der Waals surface area contributed by atoms with Crippen LogP contribution >= 0.6 is 0 Å². The van der Waals surface area contributed by atoms with Crippen LogP contribution in [0.1, 0.15) is 0 Å². The molecule has 0 atom stereocenters. The Labute approximate surface area is 110 Å². The van der Waals surface area contributed by atoms with Crippen LogP contribution in [0, 0.1) is 0 Å². The van der Waals surface area contributed by atoms with Gasteiger partial charge >= 0.3 is 5.69 Å². The van der Waals surface area contributed by atoms with Crippen LogP contribution in [0.2, 0.25) is 0 Å². The van der Waals surface area contributed by atoms with Crippen LogP contribution in [-0.2, 0) is 20.6 Å². The zero-order valence-electron chi connectivity index (χ0n) is 12.0. The van der Waals surface area contributed by atoms with Crippen molar-refractivity contribution in [3.8, 4) is 0 Å². The molecule has 0 spiro atoms. The molecule has 2 heterocycles. The first kappa shape index (κ1) is 13.5. The Morgan fingerprint density at radius 3 is 2.37 bits per heavy atom. The summed E-state index contributed by atoms with van der Waals surface area (Å²) in [4.78, 5) is 28.2. The van der Waals surface area contributed by atoms with Crippen LogP contribution in [-0.4, -0.2) is 50.9 Å². The summed E-state index contributed by atoms with van der Waals surface area (Å²) in [6.07, 6.45) is 1.63. The first-order valence-corrected chi connectivity index (χ1v) is 6.13. The van der Waals surface area contributed by atoms with Crippen LogP contribution in [0.5, 0.6) is 0 Å². The second-order valence-corrected chi connectivity index (χ2v) is 5.83. The van der Waals surface area contributed by atoms with Gasteiger partial charge in [-0.2, -0.15) is 0 Å². The third-order valence-electron chi connectivity index (χ3n) is 3.23. The number of aromatic nitrogens is 4. The van der Waals surface area contributed by atoms with Gasteiger partial charge in [-0.15, -0.1) is 0 Å².